The molecule has 1 amide bonds. The minimum atomic E-state index is -4.71. The fourth-order valence-corrected chi connectivity index (χ4v) is 2.72. The zero-order chi connectivity index (χ0) is 17.5. The molecule has 1 aromatic heterocycles. The smallest absolute Gasteiger partial charge is 0.324 e. The molecule has 1 unspecified atom stereocenters. The van der Waals surface area contributed by atoms with Gasteiger partial charge in [-0.05, 0) is 31.2 Å². The number of carbonyl (C=O) groups excluding carboxylic acids is 1. The van der Waals surface area contributed by atoms with Crippen molar-refractivity contribution < 1.29 is 26.7 Å². The zero-order valence-corrected chi connectivity index (χ0v) is 12.2. The minimum absolute atomic E-state index is 0.0194. The second-order valence-corrected chi connectivity index (χ2v) is 5.62. The van der Waals surface area contributed by atoms with Crippen LogP contribution in [0.25, 0.3) is 10.9 Å². The van der Waals surface area contributed by atoms with E-state index in [9.17, 15) is 26.7 Å². The van der Waals surface area contributed by atoms with E-state index in [4.69, 9.17) is 0 Å². The molecule has 128 valence electrons. The van der Waals surface area contributed by atoms with Gasteiger partial charge in [-0.15, -0.1) is 0 Å². The lowest BCUT2D eigenvalue weighted by atomic mass is 9.85. The van der Waals surface area contributed by atoms with E-state index in [1.165, 1.54) is 12.1 Å². The number of benzene rings is 1. The van der Waals surface area contributed by atoms with Crippen LogP contribution in [0.4, 0.5) is 27.6 Å². The minimum Gasteiger partial charge on any atom is -0.324 e. The zero-order valence-electron chi connectivity index (χ0n) is 12.2. The van der Waals surface area contributed by atoms with Gasteiger partial charge in [-0.25, -0.2) is 8.78 Å². The summed E-state index contributed by atoms with van der Waals surface area (Å²) in [5.41, 5.74) is -2.80. The number of pyridine rings is 1. The van der Waals surface area contributed by atoms with E-state index in [-0.39, 0.29) is 29.6 Å². The highest BCUT2D eigenvalue weighted by molar-refractivity contribution is 5.97. The molecule has 1 fully saturated rings. The molecular weight excluding hydrogens is 333 g/mol. The van der Waals surface area contributed by atoms with Crippen LogP contribution in [0.5, 0.6) is 0 Å². The number of fused-ring (bicyclic) bond motifs is 1. The summed E-state index contributed by atoms with van der Waals surface area (Å²) in [4.78, 5) is 15.9. The first-order chi connectivity index (χ1) is 11.2. The third-order valence-corrected chi connectivity index (χ3v) is 4.13. The van der Waals surface area contributed by atoms with Crippen molar-refractivity contribution in [3.63, 3.8) is 0 Å². The molecule has 1 saturated heterocycles. The molecule has 0 bridgehead atoms. The van der Waals surface area contributed by atoms with Crippen molar-refractivity contribution in [2.45, 2.75) is 12.6 Å². The number of anilines is 1. The largest absolute Gasteiger partial charge is 0.404 e. The van der Waals surface area contributed by atoms with Gasteiger partial charge in [0, 0.05) is 11.9 Å². The lowest BCUT2D eigenvalue weighted by Crippen LogP contribution is -2.49. The van der Waals surface area contributed by atoms with Gasteiger partial charge in [-0.2, -0.15) is 13.2 Å². The summed E-state index contributed by atoms with van der Waals surface area (Å²) >= 11 is 0. The molecule has 24 heavy (non-hydrogen) atoms. The van der Waals surface area contributed by atoms with Crippen LogP contribution in [0.3, 0.4) is 0 Å². The van der Waals surface area contributed by atoms with Crippen molar-refractivity contribution in [2.75, 3.05) is 18.4 Å². The number of alkyl halides is 3. The van der Waals surface area contributed by atoms with Gasteiger partial charge in [0.25, 0.3) is 0 Å². The second kappa shape index (κ2) is 5.66. The molecule has 4 nitrogen and oxygen atoms in total. The maximum absolute atomic E-state index is 13.6. The summed E-state index contributed by atoms with van der Waals surface area (Å²) in [6, 6.07) is 3.35. The van der Waals surface area contributed by atoms with E-state index in [2.05, 4.69) is 15.6 Å². The normalized spacial score (nSPS) is 21.2. The molecular formula is C15H12F5N3O. The summed E-state index contributed by atoms with van der Waals surface area (Å²) in [5, 5.41) is 4.89. The molecule has 2 heterocycles. The van der Waals surface area contributed by atoms with E-state index in [0.717, 1.165) is 12.3 Å². The van der Waals surface area contributed by atoms with Gasteiger partial charge in [-0.1, -0.05) is 0 Å². The van der Waals surface area contributed by atoms with Gasteiger partial charge in [0.05, 0.1) is 11.9 Å². The molecule has 3 rings (SSSR count). The number of nitrogens with zero attached hydrogens (tertiary/aromatic N) is 1. The average Bonchev–Trinajstić information content (AvgIpc) is 3.02. The molecule has 2 N–H and O–H groups in total. The van der Waals surface area contributed by atoms with Crippen molar-refractivity contribution >= 4 is 22.5 Å². The Kier molecular flexibility index (Phi) is 3.90. The molecule has 9 heteroatoms. The van der Waals surface area contributed by atoms with Crippen molar-refractivity contribution in [1.29, 1.82) is 0 Å². The van der Waals surface area contributed by atoms with Gasteiger partial charge in [0.1, 0.15) is 5.52 Å². The highest BCUT2D eigenvalue weighted by atomic mass is 19.4. The Bertz CT molecular complexity index is 800. The Morgan fingerprint density at radius 1 is 1.29 bits per heavy atom. The summed E-state index contributed by atoms with van der Waals surface area (Å²) in [7, 11) is 0. The highest BCUT2D eigenvalue weighted by Crippen LogP contribution is 2.43. The predicted molar refractivity (Wildman–Crippen MR) is 76.3 cm³/mol. The third kappa shape index (κ3) is 2.58. The number of amides is 1. The second-order valence-electron chi connectivity index (χ2n) is 5.62. The quantitative estimate of drug-likeness (QED) is 0.823. The third-order valence-electron chi connectivity index (χ3n) is 4.13. The van der Waals surface area contributed by atoms with E-state index in [0.29, 0.717) is 0 Å². The lowest BCUT2D eigenvalue weighted by Gasteiger charge is -2.29. The molecule has 1 aliphatic heterocycles. The van der Waals surface area contributed by atoms with Crippen molar-refractivity contribution in [2.24, 2.45) is 5.41 Å². The summed E-state index contributed by atoms with van der Waals surface area (Å²) < 4.78 is 66.6. The Morgan fingerprint density at radius 2 is 2.04 bits per heavy atom. The summed E-state index contributed by atoms with van der Waals surface area (Å²) in [5.74, 6) is -3.44. The SMILES string of the molecule is O=C(Nc1cnc2c(F)c(F)ccc2c1)C1(C(F)(F)F)CCNC1. The van der Waals surface area contributed by atoms with Crippen molar-refractivity contribution in [3.05, 3.63) is 36.0 Å². The number of halogens is 5. The Labute approximate surface area is 133 Å². The number of aromatic nitrogens is 1. The molecule has 0 saturated carbocycles. The lowest BCUT2D eigenvalue weighted by molar-refractivity contribution is -0.213. The van der Waals surface area contributed by atoms with Gasteiger partial charge in [0.15, 0.2) is 17.0 Å². The van der Waals surface area contributed by atoms with Gasteiger partial charge in [-0.3, -0.25) is 9.78 Å². The summed E-state index contributed by atoms with van der Waals surface area (Å²) in [6.45, 7) is -0.434. The molecule has 1 aliphatic rings. The van der Waals surface area contributed by atoms with E-state index in [1.807, 2.05) is 0 Å². The first kappa shape index (κ1) is 16.6. The van der Waals surface area contributed by atoms with Crippen LogP contribution < -0.4 is 10.6 Å². The first-order valence-corrected chi connectivity index (χ1v) is 7.07. The van der Waals surface area contributed by atoms with Crippen LogP contribution in [0.2, 0.25) is 0 Å². The predicted octanol–water partition coefficient (Wildman–Crippen LogP) is 2.99. The fraction of sp³-hybridized carbons (Fsp3) is 0.333. The molecule has 0 aliphatic carbocycles. The maximum Gasteiger partial charge on any atom is 0.404 e. The standard InChI is InChI=1S/C15H12F5N3O/c16-10-2-1-8-5-9(6-22-12(8)11(10)17)23-13(24)14(15(18,19)20)3-4-21-7-14/h1-2,5-6,21H,3-4,7H2,(H,23,24). The van der Waals surface area contributed by atoms with Crippen LogP contribution >= 0.6 is 0 Å². The first-order valence-electron chi connectivity index (χ1n) is 7.07. The topological polar surface area (TPSA) is 54.0 Å². The molecule has 0 radical (unpaired) electrons. The van der Waals surface area contributed by atoms with Crippen LogP contribution in [-0.2, 0) is 4.79 Å². The van der Waals surface area contributed by atoms with Crippen LogP contribution in [-0.4, -0.2) is 30.2 Å². The number of nitrogens with one attached hydrogen (secondary N) is 2. The van der Waals surface area contributed by atoms with Crippen molar-refractivity contribution in [3.8, 4) is 0 Å². The molecule has 0 spiro atoms. The Morgan fingerprint density at radius 3 is 2.67 bits per heavy atom. The van der Waals surface area contributed by atoms with E-state index >= 15 is 0 Å². The van der Waals surface area contributed by atoms with Crippen LogP contribution in [0, 0.1) is 17.0 Å². The number of carbonyl (C=O) groups is 1. The monoisotopic (exact) mass is 345 g/mol. The number of hydrogen-bond donors (Lipinski definition) is 2. The van der Waals surface area contributed by atoms with Crippen LogP contribution in [0.1, 0.15) is 6.42 Å². The van der Waals surface area contributed by atoms with Gasteiger partial charge < -0.3 is 10.6 Å². The fourth-order valence-electron chi connectivity index (χ4n) is 2.72. The maximum atomic E-state index is 13.6. The Hall–Kier alpha value is -2.29. The highest BCUT2D eigenvalue weighted by Gasteiger charge is 2.61. The number of rotatable bonds is 2. The van der Waals surface area contributed by atoms with E-state index < -0.39 is 35.7 Å². The molecule has 1 aromatic carbocycles. The summed E-state index contributed by atoms with van der Waals surface area (Å²) in [6.07, 6.45) is -4.08. The average molecular weight is 345 g/mol. The number of hydrogen-bond acceptors (Lipinski definition) is 3. The molecule has 1 atom stereocenters. The van der Waals surface area contributed by atoms with Gasteiger partial charge in [0.2, 0.25) is 5.91 Å². The van der Waals surface area contributed by atoms with Crippen LogP contribution in [0.15, 0.2) is 24.4 Å². The Balaban J connectivity index is 1.92. The van der Waals surface area contributed by atoms with E-state index in [1.54, 1.807) is 0 Å². The van der Waals surface area contributed by atoms with Crippen molar-refractivity contribution in [1.82, 2.24) is 10.3 Å². The molecule has 2 aromatic rings. The van der Waals surface area contributed by atoms with Gasteiger partial charge >= 0.3 is 6.18 Å².